The Kier molecular flexibility index (Phi) is 6.30. The summed E-state index contributed by atoms with van der Waals surface area (Å²) in [5.74, 6) is 1.47. The van der Waals surface area contributed by atoms with Gasteiger partial charge < -0.3 is 14.4 Å². The van der Waals surface area contributed by atoms with Crippen molar-refractivity contribution < 1.29 is 14.3 Å². The molecule has 1 amide bonds. The summed E-state index contributed by atoms with van der Waals surface area (Å²) in [6.07, 6.45) is 1.11. The molecule has 0 unspecified atom stereocenters. The van der Waals surface area contributed by atoms with E-state index in [2.05, 4.69) is 0 Å². The molecule has 0 fully saturated rings. The molecule has 1 heterocycles. The molecule has 6 heteroatoms. The summed E-state index contributed by atoms with van der Waals surface area (Å²) in [5.41, 5.74) is 1.04. The predicted molar refractivity (Wildman–Crippen MR) is 93.7 cm³/mol. The normalized spacial score (nSPS) is 10.4. The first kappa shape index (κ1) is 17.6. The highest BCUT2D eigenvalue weighted by molar-refractivity contribution is 7.16. The minimum atomic E-state index is 0.101. The Morgan fingerprint density at radius 1 is 1.17 bits per heavy atom. The highest BCUT2D eigenvalue weighted by Crippen LogP contribution is 2.28. The fourth-order valence-electron chi connectivity index (χ4n) is 2.24. The van der Waals surface area contributed by atoms with Crippen molar-refractivity contribution >= 4 is 28.8 Å². The van der Waals surface area contributed by atoms with Gasteiger partial charge in [-0.25, -0.2) is 0 Å². The van der Waals surface area contributed by atoms with Crippen LogP contribution in [-0.4, -0.2) is 32.1 Å². The number of carbonyl (C=O) groups excluding carboxylic acids is 1. The molecule has 0 bridgehead atoms. The van der Waals surface area contributed by atoms with E-state index in [0.717, 1.165) is 14.8 Å². The summed E-state index contributed by atoms with van der Waals surface area (Å²) < 4.78 is 11.2. The number of amides is 1. The van der Waals surface area contributed by atoms with E-state index in [0.29, 0.717) is 30.9 Å². The van der Waals surface area contributed by atoms with Crippen LogP contribution in [0.4, 0.5) is 0 Å². The largest absolute Gasteiger partial charge is 0.493 e. The number of hydrogen-bond acceptors (Lipinski definition) is 4. The number of benzene rings is 1. The molecule has 0 aliphatic carbocycles. The monoisotopic (exact) mass is 353 g/mol. The zero-order valence-electron chi connectivity index (χ0n) is 13.5. The Morgan fingerprint density at radius 3 is 2.52 bits per heavy atom. The lowest BCUT2D eigenvalue weighted by Gasteiger charge is -2.16. The van der Waals surface area contributed by atoms with Crippen molar-refractivity contribution in [2.45, 2.75) is 19.4 Å². The van der Waals surface area contributed by atoms with Gasteiger partial charge in [0.05, 0.1) is 25.1 Å². The number of thiophene rings is 1. The van der Waals surface area contributed by atoms with Gasteiger partial charge in [0.2, 0.25) is 5.91 Å². The maximum Gasteiger partial charge on any atom is 0.222 e. The molecule has 1 aromatic carbocycles. The van der Waals surface area contributed by atoms with Crippen LogP contribution >= 0.6 is 22.9 Å². The highest BCUT2D eigenvalue weighted by atomic mass is 35.5. The Labute approximate surface area is 145 Å². The summed E-state index contributed by atoms with van der Waals surface area (Å²) in [5, 5.41) is 0. The molecular formula is C17H20ClNO3S. The maximum atomic E-state index is 12.2. The summed E-state index contributed by atoms with van der Waals surface area (Å²) in [4.78, 5) is 15.1. The van der Waals surface area contributed by atoms with Crippen LogP contribution in [0.25, 0.3) is 0 Å². The number of halogens is 1. The summed E-state index contributed by atoms with van der Waals surface area (Å²) in [6.45, 7) is 0.585. The molecule has 2 aromatic rings. The van der Waals surface area contributed by atoms with Crippen molar-refractivity contribution in [2.75, 3.05) is 21.3 Å². The predicted octanol–water partition coefficient (Wildman–Crippen LogP) is 4.01. The van der Waals surface area contributed by atoms with Gasteiger partial charge in [-0.15, -0.1) is 11.3 Å². The molecule has 124 valence electrons. The van der Waals surface area contributed by atoms with E-state index in [9.17, 15) is 4.79 Å². The minimum Gasteiger partial charge on any atom is -0.493 e. The molecule has 0 saturated heterocycles. The summed E-state index contributed by atoms with van der Waals surface area (Å²) in [7, 11) is 5.02. The lowest BCUT2D eigenvalue weighted by atomic mass is 10.1. The molecule has 0 aliphatic rings. The third kappa shape index (κ3) is 4.88. The fraction of sp³-hybridized carbons (Fsp3) is 0.353. The van der Waals surface area contributed by atoms with E-state index < -0.39 is 0 Å². The molecule has 0 atom stereocenters. The van der Waals surface area contributed by atoms with E-state index >= 15 is 0 Å². The average Bonchev–Trinajstić information content (AvgIpc) is 2.96. The molecule has 2 rings (SSSR count). The van der Waals surface area contributed by atoms with Crippen molar-refractivity contribution in [1.29, 1.82) is 0 Å². The Hall–Kier alpha value is -1.72. The van der Waals surface area contributed by atoms with Gasteiger partial charge in [-0.2, -0.15) is 0 Å². The fourth-order valence-corrected chi connectivity index (χ4v) is 3.38. The summed E-state index contributed by atoms with van der Waals surface area (Å²) in [6, 6.07) is 9.52. The van der Waals surface area contributed by atoms with Crippen LogP contribution in [0.15, 0.2) is 30.3 Å². The van der Waals surface area contributed by atoms with Gasteiger partial charge in [0, 0.05) is 18.3 Å². The zero-order chi connectivity index (χ0) is 16.8. The second-order valence-electron chi connectivity index (χ2n) is 5.14. The zero-order valence-corrected chi connectivity index (χ0v) is 15.0. The number of carbonyl (C=O) groups is 1. The van der Waals surface area contributed by atoms with Crippen molar-refractivity contribution in [1.82, 2.24) is 4.90 Å². The van der Waals surface area contributed by atoms with Crippen molar-refractivity contribution in [3.05, 3.63) is 45.1 Å². The van der Waals surface area contributed by atoms with Gasteiger partial charge in [0.25, 0.3) is 0 Å². The first-order valence-electron chi connectivity index (χ1n) is 7.22. The van der Waals surface area contributed by atoms with Crippen LogP contribution in [0.5, 0.6) is 11.5 Å². The molecule has 0 saturated carbocycles. The lowest BCUT2D eigenvalue weighted by Crippen LogP contribution is -2.25. The Morgan fingerprint density at radius 2 is 1.91 bits per heavy atom. The SMILES string of the molecule is COc1ccc(CCC(=O)N(C)Cc2ccc(Cl)s2)cc1OC. The number of aryl methyl sites for hydroxylation is 1. The van der Waals surface area contributed by atoms with Gasteiger partial charge in [-0.05, 0) is 36.2 Å². The van der Waals surface area contributed by atoms with Crippen molar-refractivity contribution in [3.8, 4) is 11.5 Å². The quantitative estimate of drug-likeness (QED) is 0.755. The number of hydrogen-bond donors (Lipinski definition) is 0. The molecule has 0 spiro atoms. The van der Waals surface area contributed by atoms with E-state index in [4.69, 9.17) is 21.1 Å². The molecule has 4 nitrogen and oxygen atoms in total. The second-order valence-corrected chi connectivity index (χ2v) is 6.94. The van der Waals surface area contributed by atoms with E-state index in [-0.39, 0.29) is 5.91 Å². The maximum absolute atomic E-state index is 12.2. The van der Waals surface area contributed by atoms with Crippen LogP contribution in [0.3, 0.4) is 0 Å². The van der Waals surface area contributed by atoms with Gasteiger partial charge in [-0.1, -0.05) is 17.7 Å². The topological polar surface area (TPSA) is 38.8 Å². The third-order valence-electron chi connectivity index (χ3n) is 3.52. The Balaban J connectivity index is 1.90. The first-order chi connectivity index (χ1) is 11.0. The van der Waals surface area contributed by atoms with Crippen LogP contribution in [-0.2, 0) is 17.8 Å². The van der Waals surface area contributed by atoms with Crippen LogP contribution < -0.4 is 9.47 Å². The van der Waals surface area contributed by atoms with Crippen LogP contribution in [0, 0.1) is 0 Å². The highest BCUT2D eigenvalue weighted by Gasteiger charge is 2.12. The van der Waals surface area contributed by atoms with Crippen molar-refractivity contribution in [3.63, 3.8) is 0 Å². The average molecular weight is 354 g/mol. The third-order valence-corrected chi connectivity index (χ3v) is 4.74. The lowest BCUT2D eigenvalue weighted by molar-refractivity contribution is -0.130. The number of nitrogens with zero attached hydrogens (tertiary/aromatic N) is 1. The van der Waals surface area contributed by atoms with Gasteiger partial charge >= 0.3 is 0 Å². The van der Waals surface area contributed by atoms with E-state index in [1.807, 2.05) is 37.4 Å². The molecule has 0 aliphatic heterocycles. The van der Waals surface area contributed by atoms with Crippen molar-refractivity contribution in [2.24, 2.45) is 0 Å². The van der Waals surface area contributed by atoms with Gasteiger partial charge in [0.1, 0.15) is 0 Å². The number of ether oxygens (including phenoxy) is 2. The molecule has 0 radical (unpaired) electrons. The van der Waals surface area contributed by atoms with Gasteiger partial charge in [0.15, 0.2) is 11.5 Å². The summed E-state index contributed by atoms with van der Waals surface area (Å²) >= 11 is 7.41. The number of methoxy groups -OCH3 is 2. The first-order valence-corrected chi connectivity index (χ1v) is 8.42. The smallest absolute Gasteiger partial charge is 0.222 e. The van der Waals surface area contributed by atoms with E-state index in [1.165, 1.54) is 11.3 Å². The van der Waals surface area contributed by atoms with E-state index in [1.54, 1.807) is 19.1 Å². The molecular weight excluding hydrogens is 334 g/mol. The molecule has 1 aromatic heterocycles. The standard InChI is InChI=1S/C17H20ClNO3S/c1-19(11-13-6-8-16(18)23-13)17(20)9-5-12-4-7-14(21-2)15(10-12)22-3/h4,6-8,10H,5,9,11H2,1-3H3. The molecule has 23 heavy (non-hydrogen) atoms. The van der Waals surface area contributed by atoms with Gasteiger partial charge in [-0.3, -0.25) is 4.79 Å². The van der Waals surface area contributed by atoms with Crippen LogP contribution in [0.2, 0.25) is 4.34 Å². The number of rotatable bonds is 7. The van der Waals surface area contributed by atoms with Crippen LogP contribution in [0.1, 0.15) is 16.9 Å². The second kappa shape index (κ2) is 8.22. The molecule has 0 N–H and O–H groups in total. The minimum absolute atomic E-state index is 0.101. The Bertz CT molecular complexity index is 672.